The van der Waals surface area contributed by atoms with E-state index in [0.717, 1.165) is 17.7 Å². The number of carbonyl (C=O) groups excluding carboxylic acids is 2. The molecule has 3 aromatic carbocycles. The first kappa shape index (κ1) is 26.9. The number of Topliss-reactive ketones (excluding diaryl/α,β-unsaturated/α-hetero) is 1. The van der Waals surface area contributed by atoms with Crippen LogP contribution in [-0.4, -0.2) is 60.9 Å². The normalized spacial score (nSPS) is 16.8. The third-order valence-electron chi connectivity index (χ3n) is 6.66. The van der Waals surface area contributed by atoms with Crippen LogP contribution in [0.15, 0.2) is 78.4 Å². The van der Waals surface area contributed by atoms with Crippen molar-refractivity contribution in [2.24, 2.45) is 0 Å². The minimum atomic E-state index is -0.761. The molecule has 0 aromatic heterocycles. The van der Waals surface area contributed by atoms with E-state index in [9.17, 15) is 14.7 Å². The highest BCUT2D eigenvalue weighted by atomic mass is 16.5. The van der Waals surface area contributed by atoms with Gasteiger partial charge in [0.25, 0.3) is 11.7 Å². The highest BCUT2D eigenvalue weighted by molar-refractivity contribution is 6.46. The van der Waals surface area contributed by atoms with Crippen molar-refractivity contribution in [3.8, 4) is 11.5 Å². The van der Waals surface area contributed by atoms with Gasteiger partial charge >= 0.3 is 0 Å². The predicted octanol–water partition coefficient (Wildman–Crippen LogP) is 4.96. The summed E-state index contributed by atoms with van der Waals surface area (Å²) in [6.45, 7) is 3.42. The van der Waals surface area contributed by atoms with Crippen LogP contribution in [0, 0.1) is 6.92 Å². The van der Waals surface area contributed by atoms with Crippen LogP contribution in [0.2, 0.25) is 0 Å². The van der Waals surface area contributed by atoms with E-state index in [4.69, 9.17) is 9.47 Å². The molecule has 38 heavy (non-hydrogen) atoms. The van der Waals surface area contributed by atoms with Gasteiger partial charge in [0.2, 0.25) is 0 Å². The molecule has 0 aliphatic carbocycles. The number of ether oxygens (including phenoxy) is 2. The monoisotopic (exact) mass is 514 g/mol. The molecule has 1 fully saturated rings. The molecule has 0 spiro atoms. The van der Waals surface area contributed by atoms with Crippen LogP contribution in [0.3, 0.4) is 0 Å². The third kappa shape index (κ3) is 5.73. The zero-order valence-corrected chi connectivity index (χ0v) is 22.3. The number of nitrogens with zero attached hydrogens (tertiary/aromatic N) is 2. The second kappa shape index (κ2) is 12.0. The van der Waals surface area contributed by atoms with Crippen LogP contribution < -0.4 is 9.47 Å². The summed E-state index contributed by atoms with van der Waals surface area (Å²) >= 11 is 0. The number of para-hydroxylation sites is 1. The quantitative estimate of drug-likeness (QED) is 0.234. The highest BCUT2D eigenvalue weighted by Crippen LogP contribution is 2.43. The smallest absolute Gasteiger partial charge is 0.295 e. The predicted molar refractivity (Wildman–Crippen MR) is 147 cm³/mol. The number of hydrogen-bond donors (Lipinski definition) is 1. The zero-order chi connectivity index (χ0) is 27.2. The lowest BCUT2D eigenvalue weighted by atomic mass is 9.94. The average Bonchev–Trinajstić information content (AvgIpc) is 3.17. The molecule has 198 valence electrons. The Morgan fingerprint density at radius 3 is 2.37 bits per heavy atom. The minimum absolute atomic E-state index is 0.0571. The Morgan fingerprint density at radius 2 is 1.68 bits per heavy atom. The van der Waals surface area contributed by atoms with E-state index in [-0.39, 0.29) is 11.3 Å². The molecule has 1 aliphatic rings. The number of rotatable bonds is 10. The molecule has 0 saturated carbocycles. The van der Waals surface area contributed by atoms with Gasteiger partial charge in [0.05, 0.1) is 18.7 Å². The molecular formula is C31H34N2O5. The summed E-state index contributed by atoms with van der Waals surface area (Å²) in [5.74, 6) is -0.322. The summed E-state index contributed by atoms with van der Waals surface area (Å²) in [4.78, 5) is 30.1. The van der Waals surface area contributed by atoms with Gasteiger partial charge in [0.15, 0.2) is 0 Å². The molecule has 1 atom stereocenters. The van der Waals surface area contributed by atoms with Gasteiger partial charge in [0.1, 0.15) is 23.9 Å². The van der Waals surface area contributed by atoms with E-state index in [2.05, 4.69) is 0 Å². The number of ketones is 1. The summed E-state index contributed by atoms with van der Waals surface area (Å²) in [7, 11) is 5.47. The van der Waals surface area contributed by atoms with Crippen LogP contribution in [0.25, 0.3) is 5.76 Å². The highest BCUT2D eigenvalue weighted by Gasteiger charge is 2.46. The second-order valence-electron chi connectivity index (χ2n) is 9.65. The molecule has 1 aliphatic heterocycles. The SMILES string of the molecule is COc1ccccc1C1/C(=C(\O)c2ccc(OCc3ccccc3)c(C)c2)C(=O)C(=O)N1CCCN(C)C. The van der Waals surface area contributed by atoms with Crippen LogP contribution in [0.5, 0.6) is 11.5 Å². The van der Waals surface area contributed by atoms with Crippen LogP contribution in [0.1, 0.15) is 34.7 Å². The zero-order valence-electron chi connectivity index (χ0n) is 22.3. The van der Waals surface area contributed by atoms with Crippen molar-refractivity contribution >= 4 is 17.4 Å². The van der Waals surface area contributed by atoms with Gasteiger partial charge in [-0.1, -0.05) is 48.5 Å². The Balaban J connectivity index is 1.71. The van der Waals surface area contributed by atoms with Gasteiger partial charge in [-0.3, -0.25) is 9.59 Å². The fourth-order valence-corrected chi connectivity index (χ4v) is 4.73. The molecule has 1 saturated heterocycles. The number of methoxy groups -OCH3 is 1. The summed E-state index contributed by atoms with van der Waals surface area (Å²) in [5.41, 5.74) is 3.01. The lowest BCUT2D eigenvalue weighted by Gasteiger charge is -2.27. The fourth-order valence-electron chi connectivity index (χ4n) is 4.73. The van der Waals surface area contributed by atoms with Crippen molar-refractivity contribution in [3.05, 3.63) is 101 Å². The molecule has 1 unspecified atom stereocenters. The molecule has 0 bridgehead atoms. The number of aliphatic hydroxyl groups excluding tert-OH is 1. The molecule has 4 rings (SSSR count). The van der Waals surface area contributed by atoms with E-state index in [1.165, 1.54) is 0 Å². The Kier molecular flexibility index (Phi) is 8.48. The molecule has 7 nitrogen and oxygen atoms in total. The number of aryl methyl sites for hydroxylation is 1. The molecule has 7 heteroatoms. The maximum Gasteiger partial charge on any atom is 0.295 e. The van der Waals surface area contributed by atoms with Crippen molar-refractivity contribution in [1.29, 1.82) is 0 Å². The molecule has 1 heterocycles. The number of amides is 1. The lowest BCUT2D eigenvalue weighted by Crippen LogP contribution is -2.32. The van der Waals surface area contributed by atoms with E-state index >= 15 is 0 Å². The first-order chi connectivity index (χ1) is 18.3. The number of carbonyl (C=O) groups is 2. The number of benzene rings is 3. The van der Waals surface area contributed by atoms with E-state index < -0.39 is 17.7 Å². The van der Waals surface area contributed by atoms with Crippen molar-refractivity contribution in [2.75, 3.05) is 34.3 Å². The maximum atomic E-state index is 13.3. The molecule has 1 amide bonds. The molecule has 1 N–H and O–H groups in total. The van der Waals surface area contributed by atoms with Crippen molar-refractivity contribution in [3.63, 3.8) is 0 Å². The van der Waals surface area contributed by atoms with Crippen molar-refractivity contribution in [1.82, 2.24) is 9.80 Å². The van der Waals surface area contributed by atoms with Gasteiger partial charge in [-0.15, -0.1) is 0 Å². The summed E-state index contributed by atoms with van der Waals surface area (Å²) in [6.07, 6.45) is 0.679. The second-order valence-corrected chi connectivity index (χ2v) is 9.65. The molecule has 3 aromatic rings. The Labute approximate surface area is 223 Å². The summed E-state index contributed by atoms with van der Waals surface area (Å²) < 4.78 is 11.5. The van der Waals surface area contributed by atoms with Gasteiger partial charge in [-0.25, -0.2) is 0 Å². The first-order valence-electron chi connectivity index (χ1n) is 12.7. The molecular weight excluding hydrogens is 480 g/mol. The van der Waals surface area contributed by atoms with Gasteiger partial charge in [-0.05, 0) is 69.4 Å². The Morgan fingerprint density at radius 1 is 0.974 bits per heavy atom. The topological polar surface area (TPSA) is 79.3 Å². The first-order valence-corrected chi connectivity index (χ1v) is 12.7. The number of likely N-dealkylation sites (tertiary alicyclic amines) is 1. The minimum Gasteiger partial charge on any atom is -0.507 e. The summed E-state index contributed by atoms with van der Waals surface area (Å²) in [5, 5.41) is 11.4. The Bertz CT molecular complexity index is 1330. The average molecular weight is 515 g/mol. The number of hydrogen-bond acceptors (Lipinski definition) is 6. The Hall–Kier alpha value is -4.10. The van der Waals surface area contributed by atoms with Gasteiger partial charge < -0.3 is 24.4 Å². The third-order valence-corrected chi connectivity index (χ3v) is 6.66. The van der Waals surface area contributed by atoms with Gasteiger partial charge in [0, 0.05) is 17.7 Å². The van der Waals surface area contributed by atoms with Crippen molar-refractivity contribution < 1.29 is 24.2 Å². The summed E-state index contributed by atoms with van der Waals surface area (Å²) in [6, 6.07) is 21.6. The molecule has 0 radical (unpaired) electrons. The number of aliphatic hydroxyl groups is 1. The van der Waals surface area contributed by atoms with E-state index in [1.54, 1.807) is 36.3 Å². The van der Waals surface area contributed by atoms with Crippen LogP contribution >= 0.6 is 0 Å². The van der Waals surface area contributed by atoms with Crippen LogP contribution in [0.4, 0.5) is 0 Å². The fraction of sp³-hybridized carbons (Fsp3) is 0.290. The maximum absolute atomic E-state index is 13.3. The van der Waals surface area contributed by atoms with E-state index in [1.807, 2.05) is 74.4 Å². The van der Waals surface area contributed by atoms with E-state index in [0.29, 0.717) is 42.2 Å². The lowest BCUT2D eigenvalue weighted by molar-refractivity contribution is -0.140. The largest absolute Gasteiger partial charge is 0.507 e. The van der Waals surface area contributed by atoms with Crippen LogP contribution in [-0.2, 0) is 16.2 Å². The standard InChI is InChI=1S/C31H34N2O5/c1-21-19-23(15-16-25(21)38-20-22-11-6-5-7-12-22)29(34)27-28(24-13-8-9-14-26(24)37-4)33(31(36)30(27)35)18-10-17-32(2)3/h5-9,11-16,19,28,34H,10,17-18,20H2,1-4H3/b29-27+. The van der Waals surface area contributed by atoms with Crippen molar-refractivity contribution in [2.45, 2.75) is 26.0 Å². The van der Waals surface area contributed by atoms with Gasteiger partial charge in [-0.2, -0.15) is 0 Å².